The highest BCUT2D eigenvalue weighted by Gasteiger charge is 2.18. The van der Waals surface area contributed by atoms with Crippen LogP contribution in [0, 0.1) is 5.92 Å². The van der Waals surface area contributed by atoms with Gasteiger partial charge in [-0.2, -0.15) is 0 Å². The molecule has 1 saturated carbocycles. The summed E-state index contributed by atoms with van der Waals surface area (Å²) in [5.41, 5.74) is 1.34. The van der Waals surface area contributed by atoms with Crippen LogP contribution in [0.4, 0.5) is 0 Å². The molecule has 1 aromatic carbocycles. The van der Waals surface area contributed by atoms with Crippen molar-refractivity contribution in [2.24, 2.45) is 5.92 Å². The maximum Gasteiger partial charge on any atom is 0.120 e. The van der Waals surface area contributed by atoms with Gasteiger partial charge in [-0.3, -0.25) is 0 Å². The van der Waals surface area contributed by atoms with Gasteiger partial charge >= 0.3 is 0 Å². The highest BCUT2D eigenvalue weighted by Crippen LogP contribution is 2.33. The van der Waals surface area contributed by atoms with Gasteiger partial charge in [0.15, 0.2) is 0 Å². The van der Waals surface area contributed by atoms with E-state index in [1.54, 1.807) is 0 Å². The second-order valence-corrected chi connectivity index (χ2v) is 7.42. The Kier molecular flexibility index (Phi) is 5.12. The summed E-state index contributed by atoms with van der Waals surface area (Å²) in [5.74, 6) is 2.59. The van der Waals surface area contributed by atoms with Gasteiger partial charge in [0.05, 0.1) is 0 Å². The van der Waals surface area contributed by atoms with E-state index in [-0.39, 0.29) is 5.60 Å². The third-order valence-electron chi connectivity index (χ3n) is 4.28. The van der Waals surface area contributed by atoms with Crippen molar-refractivity contribution in [2.45, 2.75) is 77.7 Å². The highest BCUT2D eigenvalue weighted by molar-refractivity contribution is 5.29. The molecule has 0 saturated heterocycles. The molecule has 1 heteroatoms. The number of hydrogen-bond donors (Lipinski definition) is 0. The average Bonchev–Trinajstić information content (AvgIpc) is 2.39. The van der Waals surface area contributed by atoms with Crippen molar-refractivity contribution in [3.8, 4) is 5.75 Å². The smallest absolute Gasteiger partial charge is 0.120 e. The monoisotopic (exact) mass is 274 g/mol. The summed E-state index contributed by atoms with van der Waals surface area (Å²) in [7, 11) is 0. The van der Waals surface area contributed by atoms with Crippen LogP contribution >= 0.6 is 0 Å². The van der Waals surface area contributed by atoms with Crippen molar-refractivity contribution in [3.05, 3.63) is 29.8 Å². The first-order valence-electron chi connectivity index (χ1n) is 8.23. The molecule has 1 nitrogen and oxygen atoms in total. The van der Waals surface area contributed by atoms with Crippen LogP contribution in [0.25, 0.3) is 0 Å². The molecule has 1 fully saturated rings. The lowest BCUT2D eigenvalue weighted by atomic mass is 9.81. The molecule has 0 bridgehead atoms. The van der Waals surface area contributed by atoms with Crippen molar-refractivity contribution < 1.29 is 4.74 Å². The summed E-state index contributed by atoms with van der Waals surface area (Å²) in [6.07, 6.45) is 8.56. The second kappa shape index (κ2) is 6.65. The van der Waals surface area contributed by atoms with Gasteiger partial charge in [0.1, 0.15) is 11.4 Å². The first-order chi connectivity index (χ1) is 9.44. The molecule has 0 aliphatic heterocycles. The largest absolute Gasteiger partial charge is 0.488 e. The molecular formula is C19H30O. The Hall–Kier alpha value is -0.980. The fraction of sp³-hybridized carbons (Fsp3) is 0.684. The summed E-state index contributed by atoms with van der Waals surface area (Å²) in [6.45, 7) is 8.64. The third kappa shape index (κ3) is 4.85. The Labute approximate surface area is 124 Å². The van der Waals surface area contributed by atoms with E-state index in [9.17, 15) is 0 Å². The van der Waals surface area contributed by atoms with Crippen molar-refractivity contribution in [2.75, 3.05) is 0 Å². The standard InChI is InChI=1S/C19H30O/c1-15(14-16-8-6-5-7-9-16)17-10-12-18(13-11-17)20-19(2,3)4/h10-13,15-16H,5-9,14H2,1-4H3/t15-/m0/s1. The molecule has 20 heavy (non-hydrogen) atoms. The van der Waals surface area contributed by atoms with E-state index >= 15 is 0 Å². The van der Waals surface area contributed by atoms with Crippen LogP contribution < -0.4 is 4.74 Å². The molecule has 0 amide bonds. The fourth-order valence-electron chi connectivity index (χ4n) is 3.28. The Morgan fingerprint density at radius 1 is 1.05 bits per heavy atom. The van der Waals surface area contributed by atoms with Gasteiger partial charge in [0.25, 0.3) is 0 Å². The predicted molar refractivity (Wildman–Crippen MR) is 86.4 cm³/mol. The SMILES string of the molecule is C[C@@H](CC1CCCCC1)c1ccc(OC(C)(C)C)cc1. The molecule has 0 N–H and O–H groups in total. The van der Waals surface area contributed by atoms with E-state index in [0.29, 0.717) is 5.92 Å². The van der Waals surface area contributed by atoms with Crippen molar-refractivity contribution in [3.63, 3.8) is 0 Å². The van der Waals surface area contributed by atoms with Crippen LogP contribution in [0.5, 0.6) is 5.75 Å². The zero-order valence-corrected chi connectivity index (χ0v) is 13.6. The van der Waals surface area contributed by atoms with E-state index in [2.05, 4.69) is 52.0 Å². The molecule has 1 aliphatic carbocycles. The van der Waals surface area contributed by atoms with Crippen LogP contribution in [0.15, 0.2) is 24.3 Å². The molecule has 112 valence electrons. The quantitative estimate of drug-likeness (QED) is 0.660. The molecule has 0 heterocycles. The normalized spacial score (nSPS) is 18.8. The van der Waals surface area contributed by atoms with Crippen LogP contribution in [-0.4, -0.2) is 5.60 Å². The predicted octanol–water partition coefficient (Wildman–Crippen LogP) is 5.94. The van der Waals surface area contributed by atoms with E-state index in [4.69, 9.17) is 4.74 Å². The molecule has 0 spiro atoms. The number of hydrogen-bond acceptors (Lipinski definition) is 1. The fourth-order valence-corrected chi connectivity index (χ4v) is 3.28. The van der Waals surface area contributed by atoms with E-state index < -0.39 is 0 Å². The summed E-state index contributed by atoms with van der Waals surface area (Å²) < 4.78 is 5.89. The summed E-state index contributed by atoms with van der Waals surface area (Å²) in [4.78, 5) is 0. The van der Waals surface area contributed by atoms with Crippen molar-refractivity contribution in [1.29, 1.82) is 0 Å². The van der Waals surface area contributed by atoms with Gasteiger partial charge in [-0.15, -0.1) is 0 Å². The van der Waals surface area contributed by atoms with Crippen LogP contribution in [0.1, 0.15) is 77.7 Å². The minimum Gasteiger partial charge on any atom is -0.488 e. The Morgan fingerprint density at radius 3 is 2.20 bits per heavy atom. The Morgan fingerprint density at radius 2 is 1.65 bits per heavy atom. The maximum atomic E-state index is 5.89. The lowest BCUT2D eigenvalue weighted by Gasteiger charge is -2.25. The first-order valence-corrected chi connectivity index (χ1v) is 8.23. The summed E-state index contributed by atoms with van der Waals surface area (Å²) >= 11 is 0. The van der Waals surface area contributed by atoms with Gasteiger partial charge in [-0.05, 0) is 56.7 Å². The highest BCUT2D eigenvalue weighted by atomic mass is 16.5. The van der Waals surface area contributed by atoms with Crippen LogP contribution in [-0.2, 0) is 0 Å². The Bertz CT molecular complexity index is 393. The first kappa shape index (κ1) is 15.4. The molecule has 1 aromatic rings. The Balaban J connectivity index is 1.91. The number of ether oxygens (including phenoxy) is 1. The zero-order chi connectivity index (χ0) is 14.6. The minimum atomic E-state index is -0.116. The third-order valence-corrected chi connectivity index (χ3v) is 4.28. The lowest BCUT2D eigenvalue weighted by molar-refractivity contribution is 0.131. The van der Waals surface area contributed by atoms with Gasteiger partial charge < -0.3 is 4.74 Å². The topological polar surface area (TPSA) is 9.23 Å². The second-order valence-electron chi connectivity index (χ2n) is 7.42. The number of benzene rings is 1. The molecule has 0 aromatic heterocycles. The molecule has 0 radical (unpaired) electrons. The molecule has 0 unspecified atom stereocenters. The van der Waals surface area contributed by atoms with Gasteiger partial charge in [-0.25, -0.2) is 0 Å². The maximum absolute atomic E-state index is 5.89. The molecule has 1 atom stereocenters. The molecule has 1 aliphatic rings. The van der Waals surface area contributed by atoms with Gasteiger partial charge in [0, 0.05) is 0 Å². The van der Waals surface area contributed by atoms with Crippen LogP contribution in [0.3, 0.4) is 0 Å². The molecule has 2 rings (SSSR count). The van der Waals surface area contributed by atoms with Crippen molar-refractivity contribution in [1.82, 2.24) is 0 Å². The molecular weight excluding hydrogens is 244 g/mol. The number of rotatable bonds is 4. The van der Waals surface area contributed by atoms with E-state index in [1.807, 2.05) is 0 Å². The van der Waals surface area contributed by atoms with E-state index in [0.717, 1.165) is 11.7 Å². The minimum absolute atomic E-state index is 0.116. The van der Waals surface area contributed by atoms with Gasteiger partial charge in [0.2, 0.25) is 0 Å². The van der Waals surface area contributed by atoms with E-state index in [1.165, 1.54) is 44.1 Å². The van der Waals surface area contributed by atoms with Crippen molar-refractivity contribution >= 4 is 0 Å². The summed E-state index contributed by atoms with van der Waals surface area (Å²) in [5, 5.41) is 0. The zero-order valence-electron chi connectivity index (χ0n) is 13.6. The van der Waals surface area contributed by atoms with Crippen LogP contribution in [0.2, 0.25) is 0 Å². The van der Waals surface area contributed by atoms with Gasteiger partial charge in [-0.1, -0.05) is 51.2 Å². The average molecular weight is 274 g/mol. The summed E-state index contributed by atoms with van der Waals surface area (Å²) in [6, 6.07) is 8.74. The lowest BCUT2D eigenvalue weighted by Crippen LogP contribution is -2.22.